The van der Waals surface area contributed by atoms with Crippen LogP contribution in [-0.4, -0.2) is 11.8 Å². The molecule has 4 rings (SSSR count). The molecule has 0 aliphatic heterocycles. The normalized spacial score (nSPS) is 15.5. The van der Waals surface area contributed by atoms with Crippen molar-refractivity contribution in [3.05, 3.63) is 96.1 Å². The van der Waals surface area contributed by atoms with E-state index in [1.165, 1.54) is 0 Å². The molecule has 0 unspecified atom stereocenters. The van der Waals surface area contributed by atoms with E-state index in [0.717, 1.165) is 24.3 Å². The molecule has 43 heavy (non-hydrogen) atoms. The molecule has 2 aromatic rings. The fourth-order valence-corrected chi connectivity index (χ4v) is 14.3. The summed E-state index contributed by atoms with van der Waals surface area (Å²) in [7, 11) is 0. The molecule has 0 saturated heterocycles. The summed E-state index contributed by atoms with van der Waals surface area (Å²) in [6.45, 7) is 10.5. The van der Waals surface area contributed by atoms with Gasteiger partial charge in [-0.25, -0.2) is 0 Å². The van der Waals surface area contributed by atoms with Gasteiger partial charge in [-0.1, -0.05) is 0 Å². The number of benzene rings is 2. The number of carbonyl (C=O) groups excluding carboxylic acids is 2. The van der Waals surface area contributed by atoms with Gasteiger partial charge in [-0.3, -0.25) is 0 Å². The standard InChI is InChI=1S/2C12H14F2NO.2C5H5.Ti/c2*1-4-12(2,3)11(16)15-10-6-5-8(13)7-9(10)14;2*1-2-4-5-3-1;/h2*5-6H,4H2,1-3H3,(H,15,16);2*1-5H;. The van der Waals surface area contributed by atoms with Gasteiger partial charge in [0.05, 0.1) is 0 Å². The third kappa shape index (κ3) is 5.84. The summed E-state index contributed by atoms with van der Waals surface area (Å²) < 4.78 is 63.8. The van der Waals surface area contributed by atoms with Crippen molar-refractivity contribution in [2.45, 2.75) is 62.8 Å². The molecule has 2 N–H and O–H groups in total. The zero-order valence-corrected chi connectivity index (χ0v) is 26.9. The second-order valence-corrected chi connectivity index (χ2v) is 18.8. The van der Waals surface area contributed by atoms with Crippen LogP contribution in [0.25, 0.3) is 0 Å². The number of hydrogen-bond acceptors (Lipinski definition) is 2. The molecule has 0 atom stereocenters. The van der Waals surface area contributed by atoms with Gasteiger partial charge < -0.3 is 0 Å². The molecule has 0 bridgehead atoms. The van der Waals surface area contributed by atoms with Crippen LogP contribution < -0.4 is 18.4 Å². The Labute approximate surface area is 254 Å². The van der Waals surface area contributed by atoms with E-state index in [1.54, 1.807) is 76.3 Å². The number of hydrogen-bond donors (Lipinski definition) is 2. The van der Waals surface area contributed by atoms with Crippen molar-refractivity contribution < 1.29 is 43.7 Å². The number of halogens is 4. The first kappa shape index (κ1) is 32.7. The van der Waals surface area contributed by atoms with Crippen LogP contribution in [0.3, 0.4) is 0 Å². The Hall–Kier alpha value is -3.23. The van der Waals surface area contributed by atoms with Gasteiger partial charge in [-0.05, 0) is 0 Å². The second-order valence-electron chi connectivity index (χ2n) is 12.4. The molecule has 4 nitrogen and oxygen atoms in total. The monoisotopic (exact) mass is 630 g/mol. The number of carbonyl (C=O) groups is 2. The van der Waals surface area contributed by atoms with Crippen molar-refractivity contribution in [3.8, 4) is 0 Å². The first-order valence-electron chi connectivity index (χ1n) is 14.5. The van der Waals surface area contributed by atoms with E-state index in [9.17, 15) is 9.59 Å². The third-order valence-electron chi connectivity index (χ3n) is 9.05. The minimum atomic E-state index is -5.07. The molecule has 2 aromatic carbocycles. The Kier molecular flexibility index (Phi) is 9.43. The van der Waals surface area contributed by atoms with Crippen LogP contribution in [0.5, 0.6) is 0 Å². The second kappa shape index (κ2) is 12.4. The first-order chi connectivity index (χ1) is 20.2. The summed E-state index contributed by atoms with van der Waals surface area (Å²) in [4.78, 5) is 26.1. The van der Waals surface area contributed by atoms with Gasteiger partial charge in [0.1, 0.15) is 0 Å². The Bertz CT molecular complexity index is 1420. The van der Waals surface area contributed by atoms with E-state index < -0.39 is 78.7 Å². The number of rotatable bonds is 10. The Morgan fingerprint density at radius 3 is 1.28 bits per heavy atom. The quantitative estimate of drug-likeness (QED) is 0.207. The Balaban J connectivity index is 2.06. The van der Waals surface area contributed by atoms with Gasteiger partial charge in [0.15, 0.2) is 0 Å². The summed E-state index contributed by atoms with van der Waals surface area (Å²) in [6, 6.07) is 4.37. The topological polar surface area (TPSA) is 58.2 Å². The van der Waals surface area contributed by atoms with Gasteiger partial charge in [-0.15, -0.1) is 0 Å². The molecule has 9 heteroatoms. The van der Waals surface area contributed by atoms with Crippen LogP contribution in [0.1, 0.15) is 54.4 Å². The van der Waals surface area contributed by atoms with Crippen molar-refractivity contribution in [2.24, 2.45) is 10.8 Å². The fourth-order valence-electron chi connectivity index (χ4n) is 5.45. The minimum absolute atomic E-state index is 0.259. The Morgan fingerprint density at radius 2 is 0.977 bits per heavy atom. The van der Waals surface area contributed by atoms with Crippen molar-refractivity contribution in [1.29, 1.82) is 0 Å². The van der Waals surface area contributed by atoms with Crippen molar-refractivity contribution in [2.75, 3.05) is 10.6 Å². The van der Waals surface area contributed by atoms with Crippen molar-refractivity contribution in [1.82, 2.24) is 0 Å². The van der Waals surface area contributed by atoms with Crippen LogP contribution in [0.4, 0.5) is 28.9 Å². The number of anilines is 2. The molecule has 228 valence electrons. The first-order valence-corrected chi connectivity index (χ1v) is 17.9. The molecule has 2 aliphatic rings. The van der Waals surface area contributed by atoms with E-state index in [0.29, 0.717) is 12.8 Å². The zero-order chi connectivity index (χ0) is 31.7. The predicted octanol–water partition coefficient (Wildman–Crippen LogP) is 7.93. The maximum atomic E-state index is 16.8. The zero-order valence-electron chi connectivity index (χ0n) is 25.3. The third-order valence-corrected chi connectivity index (χ3v) is 17.6. The molecule has 0 aromatic heterocycles. The van der Waals surface area contributed by atoms with E-state index in [1.807, 2.05) is 13.8 Å². The van der Waals surface area contributed by atoms with Crippen molar-refractivity contribution >= 4 is 30.9 Å². The molecule has 0 saturated carbocycles. The Morgan fingerprint density at radius 1 is 0.651 bits per heavy atom. The molecular formula is C34H38F4N2O2Ti. The van der Waals surface area contributed by atoms with E-state index in [-0.39, 0.29) is 11.4 Å². The molecule has 2 aliphatic carbocycles. The maximum absolute atomic E-state index is 16.8. The van der Waals surface area contributed by atoms with Crippen molar-refractivity contribution in [3.63, 3.8) is 0 Å². The van der Waals surface area contributed by atoms with Gasteiger partial charge in [0.2, 0.25) is 0 Å². The summed E-state index contributed by atoms with van der Waals surface area (Å²) >= 11 is -5.07. The average Bonchev–Trinajstić information content (AvgIpc) is 3.70. The average molecular weight is 631 g/mol. The van der Waals surface area contributed by atoms with E-state index in [2.05, 4.69) is 10.6 Å². The van der Waals surface area contributed by atoms with Gasteiger partial charge in [0.25, 0.3) is 0 Å². The molecular weight excluding hydrogens is 592 g/mol. The van der Waals surface area contributed by atoms with Gasteiger partial charge in [0, 0.05) is 0 Å². The summed E-state index contributed by atoms with van der Waals surface area (Å²) in [5, 5.41) is 5.19. The van der Waals surface area contributed by atoms with Gasteiger partial charge >= 0.3 is 255 Å². The van der Waals surface area contributed by atoms with Crippen LogP contribution in [0.15, 0.2) is 72.9 Å². The molecule has 0 radical (unpaired) electrons. The number of nitrogens with one attached hydrogen (secondary N) is 2. The van der Waals surface area contributed by atoms with Gasteiger partial charge in [-0.2, -0.15) is 0 Å². The fraction of sp³-hybridized carbons (Fsp3) is 0.353. The number of amides is 2. The molecule has 0 fully saturated rings. The van der Waals surface area contributed by atoms with Crippen LogP contribution >= 0.6 is 0 Å². The molecule has 0 spiro atoms. The van der Waals surface area contributed by atoms with E-state index >= 15 is 17.6 Å². The van der Waals surface area contributed by atoms with Crippen LogP contribution in [-0.2, 0) is 26.2 Å². The van der Waals surface area contributed by atoms with Crippen LogP contribution in [0, 0.1) is 34.1 Å². The predicted molar refractivity (Wildman–Crippen MR) is 161 cm³/mol. The van der Waals surface area contributed by atoms with Crippen LogP contribution in [0.2, 0.25) is 8.45 Å². The molecule has 2 amide bonds. The summed E-state index contributed by atoms with van der Waals surface area (Å²) in [5.41, 5.74) is -2.20. The molecule has 0 heterocycles. The summed E-state index contributed by atoms with van der Waals surface area (Å²) in [6.07, 6.45) is 14.6. The number of allylic oxidation sites excluding steroid dienone is 8. The SMILES string of the molecule is CCC(C)(C)C(=O)Nc1ccc(F)[c]([Ti]([c]2c(F)ccc(NC(=O)C(C)(C)CC)c2F)([CH]2C=CC=C2)[CH]2C=CC=C2)c1F. The summed E-state index contributed by atoms with van der Waals surface area (Å²) in [5.74, 6) is -4.94. The van der Waals surface area contributed by atoms with E-state index in [4.69, 9.17) is 0 Å².